The number of nitrogens with one attached hydrogen (secondary N) is 1. The molecule has 9 heteroatoms. The van der Waals surface area contributed by atoms with Crippen LogP contribution in [0.25, 0.3) is 16.9 Å². The Kier molecular flexibility index (Phi) is 6.83. The molecule has 1 spiro atoms. The molecule has 210 valence electrons. The van der Waals surface area contributed by atoms with Gasteiger partial charge < -0.3 is 15.1 Å². The summed E-state index contributed by atoms with van der Waals surface area (Å²) in [7, 11) is 2.19. The topological polar surface area (TPSA) is 84.1 Å². The summed E-state index contributed by atoms with van der Waals surface area (Å²) in [4.78, 5) is 32.0. The van der Waals surface area contributed by atoms with Crippen LogP contribution in [0.1, 0.15) is 50.8 Å². The average molecular weight is 549 g/mol. The maximum Gasteiger partial charge on any atom is 0.278 e. The number of hydrogen-bond acceptors (Lipinski definition) is 7. The van der Waals surface area contributed by atoms with E-state index in [1.165, 1.54) is 24.0 Å². The first-order valence-electron chi connectivity index (χ1n) is 14.1. The molecule has 0 unspecified atom stereocenters. The molecule has 0 radical (unpaired) electrons. The first kappa shape index (κ1) is 26.7. The molecule has 3 aromatic heterocycles. The van der Waals surface area contributed by atoms with Crippen LogP contribution in [0.3, 0.4) is 0 Å². The third kappa shape index (κ3) is 4.86. The van der Waals surface area contributed by atoms with Crippen molar-refractivity contribution in [2.45, 2.75) is 51.6 Å². The van der Waals surface area contributed by atoms with Crippen LogP contribution in [-0.4, -0.2) is 42.8 Å². The number of aromatic nitrogens is 5. The Bertz CT molecular complexity index is 1740. The second-order valence-corrected chi connectivity index (χ2v) is 11.2. The smallest absolute Gasteiger partial charge is 0.278 e. The number of likely N-dealkylation sites (N-methyl/N-ethyl adjacent to an activating group) is 1. The average Bonchev–Trinajstić information content (AvgIpc) is 3.65. The summed E-state index contributed by atoms with van der Waals surface area (Å²) in [5, 5.41) is 3.83. The monoisotopic (exact) mass is 548 g/mol. The molecule has 1 saturated carbocycles. The van der Waals surface area contributed by atoms with Crippen LogP contribution in [0, 0.1) is 0 Å². The van der Waals surface area contributed by atoms with Crippen molar-refractivity contribution in [3.8, 4) is 5.82 Å². The number of nitrogens with zero attached hydrogens (tertiary/aromatic N) is 7. The third-order valence-corrected chi connectivity index (χ3v) is 7.86. The van der Waals surface area contributed by atoms with E-state index in [0.29, 0.717) is 34.0 Å². The van der Waals surface area contributed by atoms with E-state index in [4.69, 9.17) is 9.97 Å². The Balaban J connectivity index is 1.41. The molecule has 1 aliphatic carbocycles. The molecule has 2 aliphatic rings. The van der Waals surface area contributed by atoms with Crippen molar-refractivity contribution >= 4 is 28.5 Å². The van der Waals surface area contributed by atoms with E-state index in [1.54, 1.807) is 21.8 Å². The van der Waals surface area contributed by atoms with E-state index < -0.39 is 0 Å². The first-order valence-corrected chi connectivity index (χ1v) is 14.1. The van der Waals surface area contributed by atoms with Crippen LogP contribution < -0.4 is 15.8 Å². The molecule has 4 heterocycles. The van der Waals surface area contributed by atoms with E-state index in [0.717, 1.165) is 18.8 Å². The fraction of sp³-hybridized carbons (Fsp3) is 0.312. The number of benzene rings is 1. The van der Waals surface area contributed by atoms with Crippen molar-refractivity contribution in [3.63, 3.8) is 0 Å². The Hall–Kier alpha value is -4.50. The SMILES string of the molecule is C=CN(/C=C\C=C/C)c1cccc(-n2c3nc(Nc4ccc5c(c4)CN(C)CC54CC4)ncc3c(=O)n2C(C)C)n1. The standard InChI is InChI=1S/C32H36N8O/c1-6-8-9-17-38(7-2)27-11-10-12-28(35-27)40-29-25(30(41)39(40)22(3)4)19-33-31(36-29)34-24-13-14-26-23(18-24)20-37(5)21-32(26)15-16-32/h6-14,17-19,22H,2,15-16,20-21H2,1,3-5H3,(H,33,34,36)/b8-6-,17-9-. The molecule has 41 heavy (non-hydrogen) atoms. The first-order chi connectivity index (χ1) is 19.8. The Labute approximate surface area is 240 Å². The van der Waals surface area contributed by atoms with E-state index in [2.05, 4.69) is 47.0 Å². The number of allylic oxidation sites excluding steroid dienone is 3. The number of fused-ring (bicyclic) bond motifs is 3. The van der Waals surface area contributed by atoms with Crippen LogP contribution in [-0.2, 0) is 12.0 Å². The van der Waals surface area contributed by atoms with Gasteiger partial charge in [-0.2, -0.15) is 4.98 Å². The zero-order chi connectivity index (χ0) is 28.7. The molecular weight excluding hydrogens is 512 g/mol. The minimum absolute atomic E-state index is 0.129. The molecule has 0 amide bonds. The third-order valence-electron chi connectivity index (χ3n) is 7.86. The molecule has 9 nitrogen and oxygen atoms in total. The molecule has 0 saturated heterocycles. The largest absolute Gasteiger partial charge is 0.324 e. The van der Waals surface area contributed by atoms with Gasteiger partial charge in [-0.15, -0.1) is 0 Å². The molecule has 0 atom stereocenters. The quantitative estimate of drug-likeness (QED) is 0.278. The maximum atomic E-state index is 13.5. The second-order valence-electron chi connectivity index (χ2n) is 11.2. The predicted molar refractivity (Wildman–Crippen MR) is 165 cm³/mol. The zero-order valence-electron chi connectivity index (χ0n) is 24.1. The van der Waals surface area contributed by atoms with Crippen molar-refractivity contribution in [1.29, 1.82) is 0 Å². The highest BCUT2D eigenvalue weighted by molar-refractivity contribution is 5.77. The summed E-state index contributed by atoms with van der Waals surface area (Å²) in [5.41, 5.74) is 4.42. The predicted octanol–water partition coefficient (Wildman–Crippen LogP) is 5.82. The normalized spacial score (nSPS) is 16.2. The highest BCUT2D eigenvalue weighted by atomic mass is 16.1. The van der Waals surface area contributed by atoms with E-state index >= 15 is 0 Å². The Morgan fingerprint density at radius 1 is 1.15 bits per heavy atom. The fourth-order valence-corrected chi connectivity index (χ4v) is 5.88. The molecule has 1 aliphatic heterocycles. The molecule has 0 bridgehead atoms. The van der Waals surface area contributed by atoms with E-state index in [-0.39, 0.29) is 11.6 Å². The maximum absolute atomic E-state index is 13.5. The minimum atomic E-state index is -0.158. The number of hydrogen-bond donors (Lipinski definition) is 1. The fourth-order valence-electron chi connectivity index (χ4n) is 5.88. The molecule has 1 aromatic carbocycles. The summed E-state index contributed by atoms with van der Waals surface area (Å²) in [5.74, 6) is 1.67. The lowest BCUT2D eigenvalue weighted by Crippen LogP contribution is -2.35. The van der Waals surface area contributed by atoms with Crippen LogP contribution in [0.4, 0.5) is 17.5 Å². The van der Waals surface area contributed by atoms with Gasteiger partial charge in [-0.3, -0.25) is 4.79 Å². The van der Waals surface area contributed by atoms with E-state index in [9.17, 15) is 4.79 Å². The van der Waals surface area contributed by atoms with Crippen molar-refractivity contribution in [2.24, 2.45) is 0 Å². The molecule has 1 N–H and O–H groups in total. The number of rotatable bonds is 8. The molecule has 4 aromatic rings. The minimum Gasteiger partial charge on any atom is -0.324 e. The summed E-state index contributed by atoms with van der Waals surface area (Å²) in [6.07, 6.45) is 13.5. The second kappa shape index (κ2) is 10.5. The van der Waals surface area contributed by atoms with Gasteiger partial charge >= 0.3 is 0 Å². The highest BCUT2D eigenvalue weighted by Crippen LogP contribution is 2.52. The zero-order valence-corrected chi connectivity index (χ0v) is 24.1. The van der Waals surface area contributed by atoms with Gasteiger partial charge in [0.05, 0.1) is 0 Å². The van der Waals surface area contributed by atoms with Gasteiger partial charge in [0.2, 0.25) is 5.95 Å². The Morgan fingerprint density at radius 2 is 1.98 bits per heavy atom. The van der Waals surface area contributed by atoms with Gasteiger partial charge in [0.25, 0.3) is 5.56 Å². The lowest BCUT2D eigenvalue weighted by Gasteiger charge is -2.32. The number of pyridine rings is 1. The van der Waals surface area contributed by atoms with Crippen molar-refractivity contribution in [2.75, 3.05) is 23.8 Å². The molecule has 1 fully saturated rings. The number of anilines is 3. The van der Waals surface area contributed by atoms with Gasteiger partial charge in [-0.1, -0.05) is 30.9 Å². The van der Waals surface area contributed by atoms with Gasteiger partial charge in [0, 0.05) is 48.8 Å². The Morgan fingerprint density at radius 3 is 2.71 bits per heavy atom. The van der Waals surface area contributed by atoms with Crippen molar-refractivity contribution in [1.82, 2.24) is 29.2 Å². The summed E-state index contributed by atoms with van der Waals surface area (Å²) in [6.45, 7) is 11.9. The van der Waals surface area contributed by atoms with E-state index in [1.807, 2.05) is 68.3 Å². The van der Waals surface area contributed by atoms with Gasteiger partial charge in [-0.05, 0) is 82.1 Å². The molecular formula is C32H36N8O. The lowest BCUT2D eigenvalue weighted by molar-refractivity contribution is 0.271. The summed E-state index contributed by atoms with van der Waals surface area (Å²) < 4.78 is 3.46. The highest BCUT2D eigenvalue weighted by Gasteiger charge is 2.48. The van der Waals surface area contributed by atoms with Crippen LogP contribution in [0.15, 0.2) is 84.6 Å². The van der Waals surface area contributed by atoms with Crippen LogP contribution >= 0.6 is 0 Å². The summed E-state index contributed by atoms with van der Waals surface area (Å²) in [6, 6.07) is 12.1. The van der Waals surface area contributed by atoms with Gasteiger partial charge in [0.1, 0.15) is 11.2 Å². The van der Waals surface area contributed by atoms with Crippen LogP contribution in [0.2, 0.25) is 0 Å². The van der Waals surface area contributed by atoms with Gasteiger partial charge in [-0.25, -0.2) is 19.3 Å². The molecule has 6 rings (SSSR count). The summed E-state index contributed by atoms with van der Waals surface area (Å²) >= 11 is 0. The van der Waals surface area contributed by atoms with Crippen molar-refractivity contribution in [3.05, 3.63) is 101 Å². The van der Waals surface area contributed by atoms with Gasteiger partial charge in [0.15, 0.2) is 11.5 Å². The van der Waals surface area contributed by atoms with Crippen LogP contribution in [0.5, 0.6) is 0 Å². The van der Waals surface area contributed by atoms with Crippen molar-refractivity contribution < 1.29 is 0 Å². The lowest BCUT2D eigenvalue weighted by atomic mass is 9.87.